The number of likely N-dealkylation sites (N-methyl/N-ethyl adjacent to an activating group) is 1. The molecule has 202 valence electrons. The first-order chi connectivity index (χ1) is 17.5. The van der Waals surface area contributed by atoms with E-state index < -0.39 is 17.6 Å². The van der Waals surface area contributed by atoms with Crippen molar-refractivity contribution in [3.8, 4) is 0 Å². The lowest BCUT2D eigenvalue weighted by Crippen LogP contribution is -2.38. The van der Waals surface area contributed by atoms with Gasteiger partial charge < -0.3 is 14.7 Å². The SMILES string of the molecule is CN(c1ccc(C(F)(F)F)c(F)c1)[C@@H]1CN(C(=O)CCCCN2CCCC2)C[C@@H]1c1ccc(Cl)c(Cl)c1. The van der Waals surface area contributed by atoms with Crippen LogP contribution in [0.15, 0.2) is 36.4 Å². The molecule has 2 aromatic carbocycles. The van der Waals surface area contributed by atoms with Gasteiger partial charge in [0.05, 0.1) is 21.7 Å². The Hall–Kier alpha value is -2.03. The molecule has 2 aliphatic rings. The minimum Gasteiger partial charge on any atom is -0.369 e. The van der Waals surface area contributed by atoms with Crippen LogP contribution in [0.4, 0.5) is 23.2 Å². The van der Waals surface area contributed by atoms with Crippen molar-refractivity contribution in [2.75, 3.05) is 44.7 Å². The Balaban J connectivity index is 1.50. The van der Waals surface area contributed by atoms with Crippen molar-refractivity contribution in [1.29, 1.82) is 0 Å². The summed E-state index contributed by atoms with van der Waals surface area (Å²) in [6, 6.07) is 7.92. The Bertz CT molecular complexity index is 1110. The number of carbonyl (C=O) groups excluding carboxylic acids is 1. The first kappa shape index (κ1) is 28.0. The summed E-state index contributed by atoms with van der Waals surface area (Å²) < 4.78 is 53.6. The van der Waals surface area contributed by atoms with Crippen LogP contribution in [0.2, 0.25) is 10.0 Å². The van der Waals surface area contributed by atoms with Crippen LogP contribution in [0.3, 0.4) is 0 Å². The number of amides is 1. The number of unbranched alkanes of at least 4 members (excludes halogenated alkanes) is 1. The minimum absolute atomic E-state index is 0.0426. The highest BCUT2D eigenvalue weighted by atomic mass is 35.5. The Morgan fingerprint density at radius 1 is 1.03 bits per heavy atom. The van der Waals surface area contributed by atoms with E-state index in [9.17, 15) is 22.4 Å². The molecule has 0 aromatic heterocycles. The molecule has 0 spiro atoms. The van der Waals surface area contributed by atoms with E-state index in [2.05, 4.69) is 4.90 Å². The molecule has 2 aromatic rings. The summed E-state index contributed by atoms with van der Waals surface area (Å²) in [6.45, 7) is 4.06. The quantitative estimate of drug-likeness (QED) is 0.261. The number of rotatable bonds is 8. The van der Waals surface area contributed by atoms with Gasteiger partial charge in [-0.1, -0.05) is 29.3 Å². The molecule has 37 heavy (non-hydrogen) atoms. The van der Waals surface area contributed by atoms with Gasteiger partial charge in [-0.15, -0.1) is 0 Å². The van der Waals surface area contributed by atoms with Gasteiger partial charge in [0.15, 0.2) is 0 Å². The predicted octanol–water partition coefficient (Wildman–Crippen LogP) is 6.85. The monoisotopic (exact) mass is 559 g/mol. The van der Waals surface area contributed by atoms with Gasteiger partial charge in [0, 0.05) is 38.2 Å². The van der Waals surface area contributed by atoms with Gasteiger partial charge >= 0.3 is 6.18 Å². The maximum atomic E-state index is 14.4. The Morgan fingerprint density at radius 3 is 2.41 bits per heavy atom. The van der Waals surface area contributed by atoms with Crippen LogP contribution in [-0.4, -0.2) is 61.5 Å². The van der Waals surface area contributed by atoms with E-state index >= 15 is 0 Å². The molecule has 0 aliphatic carbocycles. The minimum atomic E-state index is -4.77. The smallest absolute Gasteiger partial charge is 0.369 e. The molecule has 0 N–H and O–H groups in total. The highest BCUT2D eigenvalue weighted by Gasteiger charge is 2.39. The second kappa shape index (κ2) is 11.8. The molecule has 2 atom stereocenters. The van der Waals surface area contributed by atoms with Crippen LogP contribution in [-0.2, 0) is 11.0 Å². The topological polar surface area (TPSA) is 26.8 Å². The van der Waals surface area contributed by atoms with Crippen LogP contribution < -0.4 is 4.90 Å². The van der Waals surface area contributed by atoms with Crippen LogP contribution in [0, 0.1) is 5.82 Å². The summed E-state index contributed by atoms with van der Waals surface area (Å²) in [5.41, 5.74) is -0.133. The molecule has 2 heterocycles. The molecule has 1 amide bonds. The van der Waals surface area contributed by atoms with Crippen molar-refractivity contribution in [3.05, 3.63) is 63.4 Å². The van der Waals surface area contributed by atoms with Crippen molar-refractivity contribution >= 4 is 34.8 Å². The summed E-state index contributed by atoms with van der Waals surface area (Å²) in [5.74, 6) is -1.47. The average Bonchev–Trinajstić information content (AvgIpc) is 3.52. The molecule has 0 unspecified atom stereocenters. The maximum absolute atomic E-state index is 14.4. The van der Waals surface area contributed by atoms with Crippen LogP contribution in [0.25, 0.3) is 0 Å². The van der Waals surface area contributed by atoms with Crippen LogP contribution >= 0.6 is 23.2 Å². The molecule has 2 fully saturated rings. The fourth-order valence-corrected chi connectivity index (χ4v) is 5.68. The van der Waals surface area contributed by atoms with E-state index in [0.717, 1.165) is 50.2 Å². The fraction of sp³-hybridized carbons (Fsp3) is 0.519. The van der Waals surface area contributed by atoms with Crippen molar-refractivity contribution in [3.63, 3.8) is 0 Å². The molecule has 10 heteroatoms. The normalized spacial score (nSPS) is 20.6. The maximum Gasteiger partial charge on any atom is 0.419 e. The van der Waals surface area contributed by atoms with E-state index in [1.165, 1.54) is 18.9 Å². The molecule has 4 rings (SSSR count). The van der Waals surface area contributed by atoms with Gasteiger partial charge in [-0.05, 0) is 81.2 Å². The summed E-state index contributed by atoms with van der Waals surface area (Å²) in [5, 5.41) is 0.789. The van der Waals surface area contributed by atoms with Crippen LogP contribution in [0.1, 0.15) is 49.1 Å². The zero-order chi connectivity index (χ0) is 26.7. The van der Waals surface area contributed by atoms with Gasteiger partial charge in [0.1, 0.15) is 5.82 Å². The van der Waals surface area contributed by atoms with Gasteiger partial charge in [-0.2, -0.15) is 13.2 Å². The molecular formula is C27H31Cl2F4N3O. The summed E-state index contributed by atoms with van der Waals surface area (Å²) >= 11 is 12.4. The molecule has 0 radical (unpaired) electrons. The lowest BCUT2D eigenvalue weighted by atomic mass is 9.93. The van der Waals surface area contributed by atoms with E-state index in [0.29, 0.717) is 35.2 Å². The number of anilines is 1. The van der Waals surface area contributed by atoms with Crippen molar-refractivity contribution in [2.24, 2.45) is 0 Å². The lowest BCUT2D eigenvalue weighted by molar-refractivity contribution is -0.140. The zero-order valence-corrected chi connectivity index (χ0v) is 22.2. The molecule has 4 nitrogen and oxygen atoms in total. The molecular weight excluding hydrogens is 529 g/mol. The van der Waals surface area contributed by atoms with Gasteiger partial charge in [0.25, 0.3) is 0 Å². The highest BCUT2D eigenvalue weighted by molar-refractivity contribution is 6.42. The van der Waals surface area contributed by atoms with E-state index in [-0.39, 0.29) is 17.9 Å². The number of alkyl halides is 3. The summed E-state index contributed by atoms with van der Waals surface area (Å²) in [4.78, 5) is 19.1. The van der Waals surface area contributed by atoms with Gasteiger partial charge in [0.2, 0.25) is 5.91 Å². The number of likely N-dealkylation sites (tertiary alicyclic amines) is 2. The highest BCUT2D eigenvalue weighted by Crippen LogP contribution is 2.38. The fourth-order valence-electron chi connectivity index (χ4n) is 5.37. The van der Waals surface area contributed by atoms with Gasteiger partial charge in [-0.25, -0.2) is 4.39 Å². The number of halogens is 6. The number of hydrogen-bond acceptors (Lipinski definition) is 3. The lowest BCUT2D eigenvalue weighted by Gasteiger charge is -2.31. The third-order valence-electron chi connectivity index (χ3n) is 7.49. The van der Waals surface area contributed by atoms with Crippen molar-refractivity contribution < 1.29 is 22.4 Å². The van der Waals surface area contributed by atoms with Crippen LogP contribution in [0.5, 0.6) is 0 Å². The molecule has 0 bridgehead atoms. The third-order valence-corrected chi connectivity index (χ3v) is 8.23. The largest absolute Gasteiger partial charge is 0.419 e. The molecule has 0 saturated carbocycles. The summed E-state index contributed by atoms with van der Waals surface area (Å²) in [6.07, 6.45) is -0.0959. The number of hydrogen-bond donors (Lipinski definition) is 0. The first-order valence-electron chi connectivity index (χ1n) is 12.6. The number of carbonyl (C=O) groups is 1. The van der Waals surface area contributed by atoms with E-state index in [1.54, 1.807) is 29.0 Å². The second-order valence-corrected chi connectivity index (χ2v) is 10.7. The Kier molecular flexibility index (Phi) is 8.92. The Morgan fingerprint density at radius 2 is 1.76 bits per heavy atom. The molecule has 2 saturated heterocycles. The number of nitrogens with zero attached hydrogens (tertiary/aromatic N) is 3. The summed E-state index contributed by atoms with van der Waals surface area (Å²) in [7, 11) is 1.71. The van der Waals surface area contributed by atoms with Crippen molar-refractivity contribution in [2.45, 2.75) is 50.2 Å². The average molecular weight is 560 g/mol. The standard InChI is InChI=1S/C27H31Cl2F4N3O/c1-34(19-8-9-21(24(30)15-19)27(31,32)33)25-17-36(16-20(25)18-7-10-22(28)23(29)14-18)26(37)6-2-3-11-35-12-4-5-13-35/h7-10,14-15,20,25H,2-6,11-13,16-17H2,1H3/t20-,25-/m1/s1. The van der Waals surface area contributed by atoms with E-state index in [4.69, 9.17) is 23.2 Å². The second-order valence-electron chi connectivity index (χ2n) is 9.92. The zero-order valence-electron chi connectivity index (χ0n) is 20.7. The predicted molar refractivity (Wildman–Crippen MR) is 139 cm³/mol. The van der Waals surface area contributed by atoms with Gasteiger partial charge in [-0.3, -0.25) is 4.79 Å². The first-order valence-corrected chi connectivity index (χ1v) is 13.3. The third kappa shape index (κ3) is 6.70. The Labute approximate surface area is 225 Å². The molecule has 2 aliphatic heterocycles. The number of benzene rings is 2. The van der Waals surface area contributed by atoms with Crippen molar-refractivity contribution in [1.82, 2.24) is 9.80 Å². The van der Waals surface area contributed by atoms with E-state index in [1.807, 2.05) is 6.07 Å².